The number of piperazine rings is 1. The Morgan fingerprint density at radius 2 is 2.00 bits per heavy atom. The van der Waals surface area contributed by atoms with Gasteiger partial charge in [-0.1, -0.05) is 13.3 Å². The van der Waals surface area contributed by atoms with Crippen molar-refractivity contribution in [2.24, 2.45) is 0 Å². The molecule has 0 saturated carbocycles. The minimum Gasteiger partial charge on any atom is -0.314 e. The third-order valence-electron chi connectivity index (χ3n) is 1.93. The Morgan fingerprint density at radius 1 is 1.30 bits per heavy atom. The zero-order valence-electron chi connectivity index (χ0n) is 6.60. The van der Waals surface area contributed by atoms with Gasteiger partial charge in [0.1, 0.15) is 0 Å². The maximum Gasteiger partial charge on any atom is 0.0107 e. The summed E-state index contributed by atoms with van der Waals surface area (Å²) in [7, 11) is 0. The van der Waals surface area contributed by atoms with E-state index in [1.54, 1.807) is 0 Å². The van der Waals surface area contributed by atoms with Crippen LogP contribution < -0.4 is 5.32 Å². The van der Waals surface area contributed by atoms with Crippen molar-refractivity contribution in [1.82, 2.24) is 10.2 Å². The summed E-state index contributed by atoms with van der Waals surface area (Å²) < 4.78 is 0. The van der Waals surface area contributed by atoms with Crippen molar-refractivity contribution in [3.63, 3.8) is 0 Å². The molecule has 1 aliphatic rings. The molecule has 1 fully saturated rings. The van der Waals surface area contributed by atoms with Crippen LogP contribution in [0.4, 0.5) is 0 Å². The van der Waals surface area contributed by atoms with E-state index in [9.17, 15) is 0 Å². The topological polar surface area (TPSA) is 15.3 Å². The van der Waals surface area contributed by atoms with E-state index in [-0.39, 0.29) is 0 Å². The average Bonchev–Trinajstić information content (AvgIpc) is 2.03. The monoisotopic (exact) mass is 141 g/mol. The van der Waals surface area contributed by atoms with Crippen LogP contribution in [-0.4, -0.2) is 37.6 Å². The summed E-state index contributed by atoms with van der Waals surface area (Å²) in [4.78, 5) is 2.50. The molecule has 0 unspecified atom stereocenters. The Hall–Kier alpha value is -0.0800. The first-order valence-corrected chi connectivity index (χ1v) is 4.16. The van der Waals surface area contributed by atoms with Crippen LogP contribution >= 0.6 is 0 Å². The molecule has 0 spiro atoms. The predicted molar refractivity (Wildman–Crippen MR) is 43.9 cm³/mol. The van der Waals surface area contributed by atoms with Gasteiger partial charge in [-0.25, -0.2) is 0 Å². The highest BCUT2D eigenvalue weighted by molar-refractivity contribution is 4.67. The molecule has 1 aliphatic heterocycles. The summed E-state index contributed by atoms with van der Waals surface area (Å²) in [5.74, 6) is 0. The number of hydrogen-bond acceptors (Lipinski definition) is 2. The minimum absolute atomic E-state index is 1.07. The first kappa shape index (κ1) is 8.02. The van der Waals surface area contributed by atoms with E-state index in [1.165, 1.54) is 26.1 Å². The van der Waals surface area contributed by atoms with E-state index in [0.717, 1.165) is 19.5 Å². The van der Waals surface area contributed by atoms with E-state index >= 15 is 0 Å². The molecule has 0 aromatic heterocycles. The van der Waals surface area contributed by atoms with Crippen molar-refractivity contribution >= 4 is 0 Å². The molecule has 0 amide bonds. The molecule has 0 aliphatic carbocycles. The van der Waals surface area contributed by atoms with Gasteiger partial charge in [-0.15, -0.1) is 0 Å². The van der Waals surface area contributed by atoms with Crippen molar-refractivity contribution in [3.05, 3.63) is 6.92 Å². The smallest absolute Gasteiger partial charge is 0.0107 e. The molecule has 59 valence electrons. The highest BCUT2D eigenvalue weighted by Gasteiger charge is 2.06. The fourth-order valence-corrected chi connectivity index (χ4v) is 1.27. The van der Waals surface area contributed by atoms with E-state index in [1.807, 2.05) is 0 Å². The fraction of sp³-hybridized carbons (Fsp3) is 0.875. The maximum atomic E-state index is 3.83. The highest BCUT2D eigenvalue weighted by atomic mass is 15.2. The van der Waals surface area contributed by atoms with Gasteiger partial charge in [0.25, 0.3) is 0 Å². The van der Waals surface area contributed by atoms with Crippen LogP contribution in [0.15, 0.2) is 0 Å². The van der Waals surface area contributed by atoms with Crippen molar-refractivity contribution in [2.45, 2.75) is 12.8 Å². The molecule has 1 saturated heterocycles. The van der Waals surface area contributed by atoms with Gasteiger partial charge < -0.3 is 10.2 Å². The second-order valence-electron chi connectivity index (χ2n) is 2.80. The zero-order valence-corrected chi connectivity index (χ0v) is 6.60. The number of nitrogens with one attached hydrogen (secondary N) is 1. The van der Waals surface area contributed by atoms with Crippen molar-refractivity contribution in [2.75, 3.05) is 32.7 Å². The lowest BCUT2D eigenvalue weighted by Crippen LogP contribution is -2.43. The number of nitrogens with zero attached hydrogens (tertiary/aromatic N) is 1. The predicted octanol–water partition coefficient (Wildman–Crippen LogP) is 0.506. The summed E-state index contributed by atoms with van der Waals surface area (Å²) in [6, 6.07) is 0. The quantitative estimate of drug-likeness (QED) is 0.616. The summed E-state index contributed by atoms with van der Waals surface area (Å²) >= 11 is 0. The molecule has 1 radical (unpaired) electrons. The molecular weight excluding hydrogens is 124 g/mol. The van der Waals surface area contributed by atoms with Gasteiger partial charge in [0.15, 0.2) is 0 Å². The number of rotatable bonds is 3. The van der Waals surface area contributed by atoms with Crippen molar-refractivity contribution in [3.8, 4) is 0 Å². The van der Waals surface area contributed by atoms with Crippen molar-refractivity contribution in [1.29, 1.82) is 0 Å². The van der Waals surface area contributed by atoms with E-state index in [0.29, 0.717) is 0 Å². The summed E-state index contributed by atoms with van der Waals surface area (Å²) in [6.07, 6.45) is 2.32. The Kier molecular flexibility index (Phi) is 3.76. The molecule has 1 N–H and O–H groups in total. The summed E-state index contributed by atoms with van der Waals surface area (Å²) in [6.45, 7) is 9.84. The van der Waals surface area contributed by atoms with Crippen LogP contribution in [0, 0.1) is 6.92 Å². The Labute approximate surface area is 63.6 Å². The van der Waals surface area contributed by atoms with Crippen molar-refractivity contribution < 1.29 is 0 Å². The normalized spacial score (nSPS) is 21.3. The van der Waals surface area contributed by atoms with E-state index < -0.39 is 0 Å². The lowest BCUT2D eigenvalue weighted by atomic mass is 10.3. The third kappa shape index (κ3) is 2.67. The minimum atomic E-state index is 1.07. The maximum absolute atomic E-state index is 3.83. The van der Waals surface area contributed by atoms with Crippen LogP contribution in [0.2, 0.25) is 0 Å². The molecule has 2 nitrogen and oxygen atoms in total. The highest BCUT2D eigenvalue weighted by Crippen LogP contribution is 1.95. The number of unbranched alkanes of at least 4 members (excludes halogenated alkanes) is 1. The van der Waals surface area contributed by atoms with Crippen LogP contribution in [-0.2, 0) is 0 Å². The van der Waals surface area contributed by atoms with Crippen LogP contribution in [0.25, 0.3) is 0 Å². The molecule has 0 bridgehead atoms. The number of hydrogen-bond donors (Lipinski definition) is 1. The molecule has 1 rings (SSSR count). The van der Waals surface area contributed by atoms with E-state index in [2.05, 4.69) is 17.1 Å². The standard InChI is InChI=1S/C8H17N2/c1-2-3-6-10-7-4-9-5-8-10/h9H,1-8H2. The average molecular weight is 141 g/mol. The van der Waals surface area contributed by atoms with Gasteiger partial charge in [0.05, 0.1) is 0 Å². The second kappa shape index (κ2) is 4.69. The van der Waals surface area contributed by atoms with Gasteiger partial charge in [-0.3, -0.25) is 0 Å². The second-order valence-corrected chi connectivity index (χ2v) is 2.80. The van der Waals surface area contributed by atoms with Gasteiger partial charge >= 0.3 is 0 Å². The fourth-order valence-electron chi connectivity index (χ4n) is 1.27. The van der Waals surface area contributed by atoms with E-state index in [4.69, 9.17) is 0 Å². The van der Waals surface area contributed by atoms with Gasteiger partial charge in [0, 0.05) is 26.2 Å². The first-order chi connectivity index (χ1) is 4.93. The van der Waals surface area contributed by atoms with Gasteiger partial charge in [-0.05, 0) is 13.0 Å². The Balaban J connectivity index is 2.02. The molecule has 0 aromatic rings. The Bertz CT molecular complexity index is 77.3. The Morgan fingerprint density at radius 3 is 2.60 bits per heavy atom. The lowest BCUT2D eigenvalue weighted by Gasteiger charge is -2.26. The van der Waals surface area contributed by atoms with Gasteiger partial charge in [-0.2, -0.15) is 0 Å². The SMILES string of the molecule is [CH2]CCCN1CCNCC1. The molecule has 0 aromatic carbocycles. The summed E-state index contributed by atoms with van der Waals surface area (Å²) in [5, 5.41) is 3.33. The molecular formula is C8H17N2. The molecule has 0 atom stereocenters. The summed E-state index contributed by atoms with van der Waals surface area (Å²) in [5.41, 5.74) is 0. The molecule has 2 heteroatoms. The lowest BCUT2D eigenvalue weighted by molar-refractivity contribution is 0.239. The largest absolute Gasteiger partial charge is 0.314 e. The first-order valence-electron chi connectivity index (χ1n) is 4.16. The third-order valence-corrected chi connectivity index (χ3v) is 1.93. The van der Waals surface area contributed by atoms with Crippen LogP contribution in [0.5, 0.6) is 0 Å². The molecule has 10 heavy (non-hydrogen) atoms. The molecule has 1 heterocycles. The van der Waals surface area contributed by atoms with Gasteiger partial charge in [0.2, 0.25) is 0 Å². The van der Waals surface area contributed by atoms with Crippen LogP contribution in [0.3, 0.4) is 0 Å². The zero-order chi connectivity index (χ0) is 7.23. The van der Waals surface area contributed by atoms with Crippen LogP contribution in [0.1, 0.15) is 12.8 Å².